The van der Waals surface area contributed by atoms with Gasteiger partial charge in [-0.1, -0.05) is 31.3 Å². The molecule has 0 unspecified atom stereocenters. The van der Waals surface area contributed by atoms with Crippen molar-refractivity contribution in [3.8, 4) is 0 Å². The van der Waals surface area contributed by atoms with E-state index in [4.69, 9.17) is 10.9 Å². The molecule has 1 saturated carbocycles. The topological polar surface area (TPSA) is 58.6 Å². The summed E-state index contributed by atoms with van der Waals surface area (Å²) in [5.74, 6) is 0.374. The first kappa shape index (κ1) is 9.36. The van der Waals surface area contributed by atoms with Crippen molar-refractivity contribution in [1.82, 2.24) is 0 Å². The Morgan fingerprint density at radius 3 is 2.50 bits per heavy atom. The molecule has 0 aromatic carbocycles. The summed E-state index contributed by atoms with van der Waals surface area (Å²) >= 11 is 0. The largest absolute Gasteiger partial charge is 0.409 e. The van der Waals surface area contributed by atoms with Crippen molar-refractivity contribution in [3.63, 3.8) is 0 Å². The van der Waals surface area contributed by atoms with Crippen molar-refractivity contribution < 1.29 is 5.21 Å². The van der Waals surface area contributed by atoms with Crippen LogP contribution in [0.25, 0.3) is 0 Å². The molecule has 1 aliphatic carbocycles. The Morgan fingerprint density at radius 2 is 2.00 bits per heavy atom. The number of hydrogen-bond donors (Lipinski definition) is 2. The highest BCUT2D eigenvalue weighted by molar-refractivity contribution is 5.80. The Bertz CT molecular complexity index is 171. The predicted molar refractivity (Wildman–Crippen MR) is 49.2 cm³/mol. The van der Waals surface area contributed by atoms with E-state index in [1.165, 1.54) is 32.1 Å². The van der Waals surface area contributed by atoms with Crippen molar-refractivity contribution >= 4 is 5.84 Å². The molecule has 0 atom stereocenters. The highest BCUT2D eigenvalue weighted by atomic mass is 16.4. The van der Waals surface area contributed by atoms with Gasteiger partial charge in [-0.15, -0.1) is 0 Å². The maximum absolute atomic E-state index is 8.44. The molecule has 0 amide bonds. The first-order valence-electron chi connectivity index (χ1n) is 4.63. The predicted octanol–water partition coefficient (Wildman–Crippen LogP) is 2.09. The first-order chi connectivity index (χ1) is 5.66. The third-order valence-corrected chi connectivity index (χ3v) is 2.80. The van der Waals surface area contributed by atoms with Gasteiger partial charge in [0.05, 0.1) is 0 Å². The molecule has 12 heavy (non-hydrogen) atoms. The second-order valence-corrected chi connectivity index (χ2v) is 4.14. The van der Waals surface area contributed by atoms with Crippen molar-refractivity contribution in [2.24, 2.45) is 16.3 Å². The summed E-state index contributed by atoms with van der Waals surface area (Å²) in [6.07, 6.45) is 7.08. The van der Waals surface area contributed by atoms with Crippen molar-refractivity contribution in [2.45, 2.75) is 45.4 Å². The van der Waals surface area contributed by atoms with E-state index >= 15 is 0 Å². The van der Waals surface area contributed by atoms with Crippen molar-refractivity contribution in [1.29, 1.82) is 0 Å². The van der Waals surface area contributed by atoms with Crippen LogP contribution in [-0.2, 0) is 0 Å². The fraction of sp³-hybridized carbons (Fsp3) is 0.889. The van der Waals surface area contributed by atoms with Gasteiger partial charge in [-0.2, -0.15) is 0 Å². The first-order valence-corrected chi connectivity index (χ1v) is 4.63. The maximum Gasteiger partial charge on any atom is 0.139 e. The molecule has 70 valence electrons. The molecule has 0 radical (unpaired) electrons. The molecular weight excluding hydrogens is 152 g/mol. The zero-order chi connectivity index (χ0) is 9.03. The molecule has 1 rings (SSSR count). The van der Waals surface area contributed by atoms with Gasteiger partial charge in [0, 0.05) is 6.42 Å². The minimum absolute atomic E-state index is 0.286. The summed E-state index contributed by atoms with van der Waals surface area (Å²) in [5, 5.41) is 11.5. The number of rotatable bonds is 2. The SMILES string of the molecule is CC1(CC(N)=NO)CCCCC1. The molecule has 1 aliphatic rings. The number of amidine groups is 1. The Hall–Kier alpha value is -0.730. The van der Waals surface area contributed by atoms with Gasteiger partial charge in [0.1, 0.15) is 5.84 Å². The van der Waals surface area contributed by atoms with Gasteiger partial charge in [-0.3, -0.25) is 0 Å². The van der Waals surface area contributed by atoms with Crippen LogP contribution < -0.4 is 5.73 Å². The third kappa shape index (κ3) is 2.40. The molecule has 0 saturated heterocycles. The van der Waals surface area contributed by atoms with Crippen LogP contribution >= 0.6 is 0 Å². The number of nitrogens with two attached hydrogens (primary N) is 1. The van der Waals surface area contributed by atoms with Gasteiger partial charge in [0.15, 0.2) is 0 Å². The van der Waals surface area contributed by atoms with E-state index in [9.17, 15) is 0 Å². The van der Waals surface area contributed by atoms with E-state index in [2.05, 4.69) is 12.1 Å². The van der Waals surface area contributed by atoms with E-state index in [0.717, 1.165) is 6.42 Å². The monoisotopic (exact) mass is 170 g/mol. The maximum atomic E-state index is 8.44. The second kappa shape index (κ2) is 3.78. The lowest BCUT2D eigenvalue weighted by molar-refractivity contribution is 0.221. The van der Waals surface area contributed by atoms with Gasteiger partial charge in [0.25, 0.3) is 0 Å². The Labute approximate surface area is 73.6 Å². The zero-order valence-corrected chi connectivity index (χ0v) is 7.71. The van der Waals surface area contributed by atoms with E-state index in [1.54, 1.807) is 0 Å². The molecule has 0 aromatic heterocycles. The Morgan fingerprint density at radius 1 is 1.42 bits per heavy atom. The normalized spacial score (nSPS) is 23.9. The minimum Gasteiger partial charge on any atom is -0.409 e. The lowest BCUT2D eigenvalue weighted by Crippen LogP contribution is -2.27. The fourth-order valence-corrected chi connectivity index (χ4v) is 2.05. The summed E-state index contributed by atoms with van der Waals surface area (Å²) in [7, 11) is 0. The molecular formula is C9H18N2O. The average molecular weight is 170 g/mol. The highest BCUT2D eigenvalue weighted by Gasteiger charge is 2.27. The summed E-state index contributed by atoms with van der Waals surface area (Å²) in [6.45, 7) is 2.23. The summed E-state index contributed by atoms with van der Waals surface area (Å²) in [4.78, 5) is 0. The second-order valence-electron chi connectivity index (χ2n) is 4.14. The van der Waals surface area contributed by atoms with E-state index in [-0.39, 0.29) is 5.41 Å². The molecule has 0 aromatic rings. The Balaban J connectivity index is 2.46. The van der Waals surface area contributed by atoms with Gasteiger partial charge < -0.3 is 10.9 Å². The van der Waals surface area contributed by atoms with Crippen LogP contribution in [0.2, 0.25) is 0 Å². The van der Waals surface area contributed by atoms with E-state index < -0.39 is 0 Å². The number of nitrogens with zero attached hydrogens (tertiary/aromatic N) is 1. The summed E-state index contributed by atoms with van der Waals surface area (Å²) in [6, 6.07) is 0. The number of oxime groups is 1. The molecule has 3 N–H and O–H groups in total. The molecule has 0 bridgehead atoms. The molecule has 3 heteroatoms. The molecule has 0 heterocycles. The molecule has 0 spiro atoms. The van der Waals surface area contributed by atoms with E-state index in [1.807, 2.05) is 0 Å². The molecule has 1 fully saturated rings. The standard InChI is InChI=1S/C9H18N2O/c1-9(7-8(10)11-12)5-3-2-4-6-9/h12H,2-7H2,1H3,(H2,10,11). The third-order valence-electron chi connectivity index (χ3n) is 2.80. The van der Waals surface area contributed by atoms with Crippen LogP contribution in [0.1, 0.15) is 45.4 Å². The van der Waals surface area contributed by atoms with Crippen molar-refractivity contribution in [2.75, 3.05) is 0 Å². The zero-order valence-electron chi connectivity index (χ0n) is 7.71. The van der Waals surface area contributed by atoms with Crippen LogP contribution in [0.4, 0.5) is 0 Å². The average Bonchev–Trinajstić information content (AvgIpc) is 2.05. The van der Waals surface area contributed by atoms with Crippen molar-refractivity contribution in [3.05, 3.63) is 0 Å². The lowest BCUT2D eigenvalue weighted by Gasteiger charge is -2.32. The smallest absolute Gasteiger partial charge is 0.139 e. The minimum atomic E-state index is 0.286. The van der Waals surface area contributed by atoms with Gasteiger partial charge >= 0.3 is 0 Å². The summed E-state index contributed by atoms with van der Waals surface area (Å²) < 4.78 is 0. The highest BCUT2D eigenvalue weighted by Crippen LogP contribution is 2.38. The van der Waals surface area contributed by atoms with Gasteiger partial charge in [0.2, 0.25) is 0 Å². The number of hydrogen-bond acceptors (Lipinski definition) is 2. The fourth-order valence-electron chi connectivity index (χ4n) is 2.05. The lowest BCUT2D eigenvalue weighted by atomic mass is 9.73. The van der Waals surface area contributed by atoms with Crippen LogP contribution in [0, 0.1) is 5.41 Å². The van der Waals surface area contributed by atoms with Gasteiger partial charge in [-0.05, 0) is 18.3 Å². The molecule has 3 nitrogen and oxygen atoms in total. The summed E-state index contributed by atoms with van der Waals surface area (Å²) in [5.41, 5.74) is 5.78. The van der Waals surface area contributed by atoms with Gasteiger partial charge in [-0.25, -0.2) is 0 Å². The van der Waals surface area contributed by atoms with E-state index in [0.29, 0.717) is 5.84 Å². The van der Waals surface area contributed by atoms with Crippen LogP contribution in [0.15, 0.2) is 5.16 Å². The van der Waals surface area contributed by atoms with Crippen LogP contribution in [0.5, 0.6) is 0 Å². The Kier molecular flexibility index (Phi) is 2.95. The quantitative estimate of drug-likeness (QED) is 0.288. The van der Waals surface area contributed by atoms with Crippen LogP contribution in [-0.4, -0.2) is 11.0 Å². The van der Waals surface area contributed by atoms with Crippen LogP contribution in [0.3, 0.4) is 0 Å². The molecule has 0 aliphatic heterocycles.